The number of rotatable bonds is 7. The van der Waals surface area contributed by atoms with Gasteiger partial charge in [-0.15, -0.1) is 0 Å². The van der Waals surface area contributed by atoms with Crippen molar-refractivity contribution in [2.24, 2.45) is 0 Å². The smallest absolute Gasteiger partial charge is 0.261 e. The molecule has 1 N–H and O–H groups in total. The Morgan fingerprint density at radius 3 is 2.57 bits per heavy atom. The average molecular weight is 440 g/mol. The van der Waals surface area contributed by atoms with Crippen molar-refractivity contribution in [2.75, 3.05) is 4.72 Å². The molecule has 1 heterocycles. The summed E-state index contributed by atoms with van der Waals surface area (Å²) in [6.07, 6.45) is 1.53. The summed E-state index contributed by atoms with van der Waals surface area (Å²) in [5, 5.41) is 0.380. The number of nitrogens with one attached hydrogen (secondary N) is 1. The van der Waals surface area contributed by atoms with Gasteiger partial charge in [-0.2, -0.15) is 0 Å². The van der Waals surface area contributed by atoms with E-state index in [2.05, 4.69) is 22.3 Å². The maximum Gasteiger partial charge on any atom is 0.261 e. The molecule has 0 atom stereocenters. The summed E-state index contributed by atoms with van der Waals surface area (Å²) in [6.45, 7) is 2.97. The first-order valence-corrected chi connectivity index (χ1v) is 11.6. The summed E-state index contributed by atoms with van der Waals surface area (Å²) < 4.78 is 30.1. The molecule has 0 saturated carbocycles. The van der Waals surface area contributed by atoms with Crippen LogP contribution in [-0.2, 0) is 29.4 Å². The molecule has 0 amide bonds. The summed E-state index contributed by atoms with van der Waals surface area (Å²) in [7, 11) is -3.70. The number of halogens is 1. The van der Waals surface area contributed by atoms with Gasteiger partial charge in [0.25, 0.3) is 10.0 Å². The fourth-order valence-corrected chi connectivity index (χ4v) is 4.91. The lowest BCUT2D eigenvalue weighted by molar-refractivity contribution is 0.601. The monoisotopic (exact) mass is 439 g/mol. The molecule has 0 aliphatic heterocycles. The number of nitrogens with zero attached hydrogens (tertiary/aromatic N) is 2. The quantitative estimate of drug-likeness (QED) is 0.425. The Morgan fingerprint density at radius 2 is 1.77 bits per heavy atom. The molecule has 0 fully saturated rings. The van der Waals surface area contributed by atoms with Gasteiger partial charge >= 0.3 is 0 Å². The highest BCUT2D eigenvalue weighted by atomic mass is 35.5. The van der Waals surface area contributed by atoms with Gasteiger partial charge in [-0.3, -0.25) is 4.72 Å². The van der Waals surface area contributed by atoms with Crippen molar-refractivity contribution >= 4 is 38.3 Å². The second-order valence-electron chi connectivity index (χ2n) is 7.02. The zero-order chi connectivity index (χ0) is 21.1. The van der Waals surface area contributed by atoms with Gasteiger partial charge in [0.05, 0.1) is 15.9 Å². The van der Waals surface area contributed by atoms with Crippen molar-refractivity contribution in [2.45, 2.75) is 31.2 Å². The number of aryl methyl sites for hydroxylation is 3. The molecule has 0 radical (unpaired) electrons. The number of para-hydroxylation sites is 2. The van der Waals surface area contributed by atoms with Crippen molar-refractivity contribution < 1.29 is 8.42 Å². The van der Waals surface area contributed by atoms with E-state index in [1.807, 2.05) is 36.4 Å². The topological polar surface area (TPSA) is 64.0 Å². The number of aromatic nitrogens is 2. The van der Waals surface area contributed by atoms with Gasteiger partial charge in [0.2, 0.25) is 0 Å². The second kappa shape index (κ2) is 8.50. The molecule has 7 heteroatoms. The maximum absolute atomic E-state index is 12.6. The standard InChI is InChI=1S/C23H22ClN3O2S/c1-2-27-22-12-4-3-11-21(22)25-23(27)14-13-17-7-5-9-19(15-17)26-30(28,29)20-10-6-8-18(24)16-20/h3-12,15-16,26H,2,13-14H2,1H3. The van der Waals surface area contributed by atoms with Gasteiger partial charge < -0.3 is 4.57 Å². The van der Waals surface area contributed by atoms with Crippen molar-refractivity contribution in [1.82, 2.24) is 9.55 Å². The van der Waals surface area contributed by atoms with Crippen LogP contribution >= 0.6 is 11.6 Å². The third kappa shape index (κ3) is 4.35. The van der Waals surface area contributed by atoms with E-state index in [9.17, 15) is 8.42 Å². The summed E-state index contributed by atoms with van der Waals surface area (Å²) in [5.41, 5.74) is 3.70. The molecule has 4 rings (SSSR count). The third-order valence-electron chi connectivity index (χ3n) is 4.97. The van der Waals surface area contributed by atoms with Crippen LogP contribution in [0, 0.1) is 0 Å². The maximum atomic E-state index is 12.6. The molecule has 154 valence electrons. The SMILES string of the molecule is CCn1c(CCc2cccc(NS(=O)(=O)c3cccc(Cl)c3)c2)nc2ccccc21. The summed E-state index contributed by atoms with van der Waals surface area (Å²) >= 11 is 5.93. The highest BCUT2D eigenvalue weighted by Gasteiger charge is 2.15. The van der Waals surface area contributed by atoms with E-state index >= 15 is 0 Å². The van der Waals surface area contributed by atoms with Crippen molar-refractivity contribution in [3.8, 4) is 0 Å². The summed E-state index contributed by atoms with van der Waals surface area (Å²) in [5.74, 6) is 1.03. The van der Waals surface area contributed by atoms with Gasteiger partial charge in [0.15, 0.2) is 0 Å². The first-order valence-electron chi connectivity index (χ1n) is 9.78. The lowest BCUT2D eigenvalue weighted by atomic mass is 10.1. The number of imidazole rings is 1. The molecule has 1 aromatic heterocycles. The van der Waals surface area contributed by atoms with E-state index in [4.69, 9.17) is 16.6 Å². The van der Waals surface area contributed by atoms with Gasteiger partial charge in [0.1, 0.15) is 5.82 Å². The van der Waals surface area contributed by atoms with Crippen molar-refractivity contribution in [3.05, 3.63) is 89.2 Å². The minimum absolute atomic E-state index is 0.136. The lowest BCUT2D eigenvalue weighted by Gasteiger charge is -2.10. The largest absolute Gasteiger partial charge is 0.328 e. The molecule has 4 aromatic rings. The Hall–Kier alpha value is -2.83. The van der Waals surface area contributed by atoms with Crippen molar-refractivity contribution in [1.29, 1.82) is 0 Å². The first-order chi connectivity index (χ1) is 14.5. The fourth-order valence-electron chi connectivity index (χ4n) is 3.56. The highest BCUT2D eigenvalue weighted by Crippen LogP contribution is 2.21. The molecular weight excluding hydrogens is 418 g/mol. The minimum atomic E-state index is -3.70. The molecule has 3 aromatic carbocycles. The Bertz CT molecular complexity index is 1300. The molecule has 0 saturated heterocycles. The molecule has 30 heavy (non-hydrogen) atoms. The molecule has 0 bridgehead atoms. The predicted molar refractivity (Wildman–Crippen MR) is 122 cm³/mol. The number of hydrogen-bond donors (Lipinski definition) is 1. The van der Waals surface area contributed by atoms with Gasteiger partial charge in [-0.25, -0.2) is 13.4 Å². The van der Waals surface area contributed by atoms with E-state index in [1.165, 1.54) is 12.1 Å². The summed E-state index contributed by atoms with van der Waals surface area (Å²) in [4.78, 5) is 4.90. The molecule has 0 spiro atoms. The van der Waals surface area contributed by atoms with Crippen LogP contribution in [0.5, 0.6) is 0 Å². The van der Waals surface area contributed by atoms with Crippen molar-refractivity contribution in [3.63, 3.8) is 0 Å². The molecule has 0 unspecified atom stereocenters. The predicted octanol–water partition coefficient (Wildman–Crippen LogP) is 5.30. The van der Waals surface area contributed by atoms with Gasteiger partial charge in [-0.1, -0.05) is 41.9 Å². The molecular formula is C23H22ClN3O2S. The number of hydrogen-bond acceptors (Lipinski definition) is 3. The average Bonchev–Trinajstić information content (AvgIpc) is 3.10. The Balaban J connectivity index is 1.52. The van der Waals surface area contributed by atoms with Crippen LogP contribution in [0.2, 0.25) is 5.02 Å². The van der Waals surface area contributed by atoms with Crippen LogP contribution in [0.1, 0.15) is 18.3 Å². The summed E-state index contributed by atoms with van der Waals surface area (Å²) in [6, 6.07) is 21.8. The molecule has 5 nitrogen and oxygen atoms in total. The van der Waals surface area contributed by atoms with Crippen LogP contribution in [0.25, 0.3) is 11.0 Å². The van der Waals surface area contributed by atoms with Crippen LogP contribution in [0.15, 0.2) is 77.7 Å². The van der Waals surface area contributed by atoms with E-state index < -0.39 is 10.0 Å². The lowest BCUT2D eigenvalue weighted by Crippen LogP contribution is -2.13. The van der Waals surface area contributed by atoms with Crippen LogP contribution < -0.4 is 4.72 Å². The van der Waals surface area contributed by atoms with E-state index in [0.717, 1.165) is 41.8 Å². The van der Waals surface area contributed by atoms with E-state index in [0.29, 0.717) is 10.7 Å². The fraction of sp³-hybridized carbons (Fsp3) is 0.174. The van der Waals surface area contributed by atoms with Crippen LogP contribution in [0.3, 0.4) is 0 Å². The zero-order valence-electron chi connectivity index (χ0n) is 16.5. The molecule has 0 aliphatic carbocycles. The van der Waals surface area contributed by atoms with E-state index in [1.54, 1.807) is 18.2 Å². The minimum Gasteiger partial charge on any atom is -0.328 e. The number of sulfonamides is 1. The van der Waals surface area contributed by atoms with Gasteiger partial charge in [-0.05, 0) is 61.4 Å². The second-order valence-corrected chi connectivity index (χ2v) is 9.14. The Labute approximate surface area is 181 Å². The highest BCUT2D eigenvalue weighted by molar-refractivity contribution is 7.92. The van der Waals surface area contributed by atoms with Crippen LogP contribution in [-0.4, -0.2) is 18.0 Å². The zero-order valence-corrected chi connectivity index (χ0v) is 18.1. The third-order valence-corrected chi connectivity index (χ3v) is 6.59. The normalized spacial score (nSPS) is 11.7. The van der Waals surface area contributed by atoms with Crippen LogP contribution in [0.4, 0.5) is 5.69 Å². The Morgan fingerprint density at radius 1 is 0.967 bits per heavy atom. The molecule has 0 aliphatic rings. The number of benzene rings is 3. The number of anilines is 1. The Kier molecular flexibility index (Phi) is 5.79. The number of fused-ring (bicyclic) bond motifs is 1. The van der Waals surface area contributed by atoms with Gasteiger partial charge in [0, 0.05) is 23.7 Å². The van der Waals surface area contributed by atoms with E-state index in [-0.39, 0.29) is 4.90 Å². The first kappa shape index (κ1) is 20.4.